The molecule has 6 heteroatoms. The van der Waals surface area contributed by atoms with Gasteiger partial charge in [-0.05, 0) is 24.1 Å². The van der Waals surface area contributed by atoms with Crippen LogP contribution in [0.1, 0.15) is 43.4 Å². The minimum Gasteiger partial charge on any atom is -0.314 e. The van der Waals surface area contributed by atoms with Gasteiger partial charge in [0.25, 0.3) is 0 Å². The van der Waals surface area contributed by atoms with Gasteiger partial charge in [-0.2, -0.15) is 5.26 Å². The van der Waals surface area contributed by atoms with Gasteiger partial charge in [0.2, 0.25) is 0 Å². The first kappa shape index (κ1) is 21.1. The molecule has 22 heavy (non-hydrogen) atoms. The number of nitrogens with one attached hydrogen (secondary N) is 1. The Hall–Kier alpha value is -0.860. The van der Waals surface area contributed by atoms with Gasteiger partial charge in [-0.3, -0.25) is 4.90 Å². The van der Waals surface area contributed by atoms with E-state index < -0.39 is 5.82 Å². The molecule has 1 saturated heterocycles. The molecule has 0 unspecified atom stereocenters. The van der Waals surface area contributed by atoms with Crippen LogP contribution in [0.4, 0.5) is 4.39 Å². The molecule has 3 nitrogen and oxygen atoms in total. The van der Waals surface area contributed by atoms with Crippen LogP contribution in [0.15, 0.2) is 18.2 Å². The van der Waals surface area contributed by atoms with Crippen molar-refractivity contribution in [3.63, 3.8) is 0 Å². The minimum atomic E-state index is -0.425. The molecule has 1 aliphatic heterocycles. The lowest BCUT2D eigenvalue weighted by Crippen LogP contribution is -2.45. The number of nitriles is 1. The van der Waals surface area contributed by atoms with Crippen molar-refractivity contribution in [2.75, 3.05) is 26.2 Å². The molecular formula is C16H24Cl2FN3. The second-order valence-electron chi connectivity index (χ2n) is 5.30. The van der Waals surface area contributed by atoms with E-state index >= 15 is 0 Å². The fraction of sp³-hybridized carbons (Fsp3) is 0.562. The number of nitrogens with zero attached hydrogens (tertiary/aromatic N) is 2. The topological polar surface area (TPSA) is 39.1 Å². The Morgan fingerprint density at radius 3 is 2.59 bits per heavy atom. The number of halogens is 3. The molecule has 2 rings (SSSR count). The molecule has 0 aliphatic carbocycles. The van der Waals surface area contributed by atoms with Crippen LogP contribution < -0.4 is 5.32 Å². The fourth-order valence-corrected chi connectivity index (χ4v) is 2.79. The molecule has 0 radical (unpaired) electrons. The lowest BCUT2D eigenvalue weighted by molar-refractivity contribution is 0.163. The number of unbranched alkanes of at least 4 members (excludes halogenated alkanes) is 1. The molecule has 1 fully saturated rings. The number of piperazine rings is 1. The molecule has 0 bridgehead atoms. The Labute approximate surface area is 144 Å². The van der Waals surface area contributed by atoms with Gasteiger partial charge in [0, 0.05) is 32.2 Å². The van der Waals surface area contributed by atoms with Crippen LogP contribution >= 0.6 is 24.8 Å². The van der Waals surface area contributed by atoms with Crippen LogP contribution in [0.5, 0.6) is 0 Å². The SMILES string of the molecule is CCCC[C@H](c1ccc(F)c(C#N)c1)N1CCNCC1.Cl.Cl. The van der Waals surface area contributed by atoms with Crippen molar-refractivity contribution in [1.82, 2.24) is 10.2 Å². The second-order valence-corrected chi connectivity index (χ2v) is 5.30. The van der Waals surface area contributed by atoms with Crippen LogP contribution in [0.2, 0.25) is 0 Å². The number of hydrogen-bond acceptors (Lipinski definition) is 3. The number of benzene rings is 1. The van der Waals surface area contributed by atoms with E-state index in [2.05, 4.69) is 17.1 Å². The van der Waals surface area contributed by atoms with Crippen LogP contribution in [0, 0.1) is 17.1 Å². The van der Waals surface area contributed by atoms with Crippen LogP contribution in [-0.4, -0.2) is 31.1 Å². The quantitative estimate of drug-likeness (QED) is 0.882. The van der Waals surface area contributed by atoms with E-state index in [9.17, 15) is 4.39 Å². The molecular weight excluding hydrogens is 324 g/mol. The van der Waals surface area contributed by atoms with Crippen molar-refractivity contribution < 1.29 is 4.39 Å². The predicted molar refractivity (Wildman–Crippen MR) is 92.3 cm³/mol. The molecule has 124 valence electrons. The zero-order chi connectivity index (χ0) is 14.4. The third-order valence-electron chi connectivity index (χ3n) is 3.92. The third-order valence-corrected chi connectivity index (χ3v) is 3.92. The zero-order valence-corrected chi connectivity index (χ0v) is 14.5. The summed E-state index contributed by atoms with van der Waals surface area (Å²) >= 11 is 0. The minimum absolute atomic E-state index is 0. The van der Waals surface area contributed by atoms with Gasteiger partial charge < -0.3 is 5.32 Å². The maximum Gasteiger partial charge on any atom is 0.140 e. The van der Waals surface area contributed by atoms with Crippen molar-refractivity contribution >= 4 is 24.8 Å². The molecule has 1 heterocycles. The van der Waals surface area contributed by atoms with Crippen molar-refractivity contribution in [3.8, 4) is 6.07 Å². The first-order valence-corrected chi connectivity index (χ1v) is 7.40. The summed E-state index contributed by atoms with van der Waals surface area (Å²) in [4.78, 5) is 2.44. The van der Waals surface area contributed by atoms with Gasteiger partial charge >= 0.3 is 0 Å². The van der Waals surface area contributed by atoms with Crippen molar-refractivity contribution in [1.29, 1.82) is 5.26 Å². The van der Waals surface area contributed by atoms with Gasteiger partial charge in [0.15, 0.2) is 0 Å². The maximum absolute atomic E-state index is 13.5. The number of rotatable bonds is 5. The Morgan fingerprint density at radius 1 is 1.32 bits per heavy atom. The van der Waals surface area contributed by atoms with E-state index in [0.717, 1.165) is 51.0 Å². The van der Waals surface area contributed by atoms with Gasteiger partial charge in [-0.25, -0.2) is 4.39 Å². The standard InChI is InChI=1S/C16H22FN3.2ClH/c1-2-3-4-16(20-9-7-19-8-10-20)13-5-6-15(17)14(11-13)12-18;;/h5-6,11,16,19H,2-4,7-10H2,1H3;2*1H/t16-;;/m1../s1. The molecule has 0 spiro atoms. The van der Waals surface area contributed by atoms with Crippen molar-refractivity contribution in [2.45, 2.75) is 32.2 Å². The summed E-state index contributed by atoms with van der Waals surface area (Å²) in [7, 11) is 0. The van der Waals surface area contributed by atoms with Crippen LogP contribution in [-0.2, 0) is 0 Å². The van der Waals surface area contributed by atoms with E-state index in [1.807, 2.05) is 12.1 Å². The van der Waals surface area contributed by atoms with E-state index in [1.54, 1.807) is 6.07 Å². The van der Waals surface area contributed by atoms with Gasteiger partial charge in [0.05, 0.1) is 5.56 Å². The lowest BCUT2D eigenvalue weighted by atomic mass is 9.97. The Morgan fingerprint density at radius 2 is 2.00 bits per heavy atom. The molecule has 1 aromatic carbocycles. The van der Waals surface area contributed by atoms with E-state index in [1.165, 1.54) is 6.07 Å². The molecule has 1 atom stereocenters. The third kappa shape index (κ3) is 5.40. The molecule has 1 aromatic rings. The van der Waals surface area contributed by atoms with Crippen molar-refractivity contribution in [2.24, 2.45) is 0 Å². The Kier molecular flexibility index (Phi) is 10.4. The largest absolute Gasteiger partial charge is 0.314 e. The average Bonchev–Trinajstić information content (AvgIpc) is 2.50. The lowest BCUT2D eigenvalue weighted by Gasteiger charge is -2.35. The Bertz CT molecular complexity index is 485. The maximum atomic E-state index is 13.5. The smallest absolute Gasteiger partial charge is 0.140 e. The summed E-state index contributed by atoms with van der Waals surface area (Å²) in [6.45, 7) is 6.19. The number of hydrogen-bond donors (Lipinski definition) is 1. The molecule has 1 N–H and O–H groups in total. The molecule has 1 aliphatic rings. The second kappa shape index (κ2) is 10.8. The first-order valence-electron chi connectivity index (χ1n) is 7.40. The van der Waals surface area contributed by atoms with E-state index in [4.69, 9.17) is 5.26 Å². The highest BCUT2D eigenvalue weighted by Crippen LogP contribution is 2.28. The molecule has 0 amide bonds. The highest BCUT2D eigenvalue weighted by Gasteiger charge is 2.22. The predicted octanol–water partition coefficient (Wildman–Crippen LogP) is 3.68. The van der Waals surface area contributed by atoms with Gasteiger partial charge in [0.1, 0.15) is 11.9 Å². The van der Waals surface area contributed by atoms with Crippen molar-refractivity contribution in [3.05, 3.63) is 35.1 Å². The summed E-state index contributed by atoms with van der Waals surface area (Å²) in [6, 6.07) is 7.22. The molecule has 0 aromatic heterocycles. The highest BCUT2D eigenvalue weighted by atomic mass is 35.5. The molecule has 0 saturated carbocycles. The van der Waals surface area contributed by atoms with Gasteiger partial charge in [-0.15, -0.1) is 24.8 Å². The summed E-state index contributed by atoms with van der Waals surface area (Å²) in [5.74, 6) is -0.425. The van der Waals surface area contributed by atoms with E-state index in [0.29, 0.717) is 6.04 Å². The summed E-state index contributed by atoms with van der Waals surface area (Å²) in [6.07, 6.45) is 3.36. The van der Waals surface area contributed by atoms with E-state index in [-0.39, 0.29) is 30.4 Å². The van der Waals surface area contributed by atoms with Crippen LogP contribution in [0.3, 0.4) is 0 Å². The summed E-state index contributed by atoms with van der Waals surface area (Å²) < 4.78 is 13.5. The van der Waals surface area contributed by atoms with Crippen LogP contribution in [0.25, 0.3) is 0 Å². The summed E-state index contributed by atoms with van der Waals surface area (Å²) in [5.41, 5.74) is 1.22. The monoisotopic (exact) mass is 347 g/mol. The Balaban J connectivity index is 0.00000220. The zero-order valence-electron chi connectivity index (χ0n) is 12.8. The normalized spacial score (nSPS) is 16.0. The highest BCUT2D eigenvalue weighted by molar-refractivity contribution is 5.85. The first-order chi connectivity index (χ1) is 9.76. The summed E-state index contributed by atoms with van der Waals surface area (Å²) in [5, 5.41) is 12.4. The van der Waals surface area contributed by atoms with Gasteiger partial charge in [-0.1, -0.05) is 25.8 Å². The fourth-order valence-electron chi connectivity index (χ4n) is 2.79. The average molecular weight is 348 g/mol.